The molecule has 2 N–H and O–H groups in total. The van der Waals surface area contributed by atoms with Crippen molar-refractivity contribution >= 4 is 21.8 Å². The zero-order chi connectivity index (χ0) is 10.3. The maximum atomic E-state index is 11.2. The maximum Gasteiger partial charge on any atom is 0.241 e. The highest BCUT2D eigenvalue weighted by Crippen LogP contribution is 2.19. The molecule has 1 saturated heterocycles. The van der Waals surface area contributed by atoms with Crippen molar-refractivity contribution in [2.75, 3.05) is 6.54 Å². The van der Waals surface area contributed by atoms with Gasteiger partial charge in [0.15, 0.2) is 0 Å². The fourth-order valence-corrected chi connectivity index (χ4v) is 1.96. The van der Waals surface area contributed by atoms with E-state index in [2.05, 4.69) is 21.0 Å². The third-order valence-corrected chi connectivity index (χ3v) is 2.90. The number of hydrogen-bond donors (Lipinski definition) is 1. The molecule has 1 aromatic heterocycles. The van der Waals surface area contributed by atoms with E-state index < -0.39 is 0 Å². The first-order valence-electron chi connectivity index (χ1n) is 4.30. The molecule has 14 heavy (non-hydrogen) atoms. The number of carbonyl (C=O) groups is 1. The Morgan fingerprint density at radius 2 is 2.50 bits per heavy atom. The van der Waals surface area contributed by atoms with Gasteiger partial charge in [-0.3, -0.25) is 9.48 Å². The minimum absolute atomic E-state index is 0.00236. The number of rotatable bonds is 2. The number of likely N-dealkylation sites (tertiary alicyclic amines) is 1. The highest BCUT2D eigenvalue weighted by molar-refractivity contribution is 9.10. The third kappa shape index (κ3) is 1.55. The number of hydrogen-bond acceptors (Lipinski definition) is 3. The number of β-lactam (4-membered cyclic amide) rings is 1. The Balaban J connectivity index is 2.05. The molecule has 1 aromatic rings. The van der Waals surface area contributed by atoms with Crippen LogP contribution in [-0.2, 0) is 18.4 Å². The lowest BCUT2D eigenvalue weighted by atomic mass is 10.1. The molecule has 1 aliphatic rings. The Morgan fingerprint density at radius 1 is 1.79 bits per heavy atom. The molecule has 6 heteroatoms. The van der Waals surface area contributed by atoms with E-state index in [1.165, 1.54) is 0 Å². The van der Waals surface area contributed by atoms with Gasteiger partial charge >= 0.3 is 0 Å². The quantitative estimate of drug-likeness (QED) is 0.751. The number of amides is 1. The summed E-state index contributed by atoms with van der Waals surface area (Å²) in [4.78, 5) is 12.9. The van der Waals surface area contributed by atoms with E-state index >= 15 is 0 Å². The normalized spacial score (nSPS) is 21.2. The lowest BCUT2D eigenvalue weighted by Crippen LogP contribution is -2.60. The van der Waals surface area contributed by atoms with Crippen molar-refractivity contribution in [1.82, 2.24) is 14.7 Å². The molecule has 0 aliphatic carbocycles. The van der Waals surface area contributed by atoms with Crippen molar-refractivity contribution in [1.29, 1.82) is 0 Å². The van der Waals surface area contributed by atoms with Crippen LogP contribution in [0.3, 0.4) is 0 Å². The second kappa shape index (κ2) is 3.36. The summed E-state index contributed by atoms with van der Waals surface area (Å²) in [6, 6.07) is -0.308. The molecule has 1 atom stereocenters. The van der Waals surface area contributed by atoms with Gasteiger partial charge in [-0.15, -0.1) is 0 Å². The van der Waals surface area contributed by atoms with Crippen LogP contribution in [-0.4, -0.2) is 33.2 Å². The number of aromatic nitrogens is 2. The van der Waals surface area contributed by atoms with Crippen molar-refractivity contribution in [3.8, 4) is 0 Å². The van der Waals surface area contributed by atoms with Crippen LogP contribution in [0, 0.1) is 0 Å². The molecule has 1 unspecified atom stereocenters. The van der Waals surface area contributed by atoms with Gasteiger partial charge in [0.05, 0.1) is 16.7 Å². The zero-order valence-electron chi connectivity index (χ0n) is 7.77. The molecule has 1 aliphatic heterocycles. The molecule has 0 bridgehead atoms. The smallest absolute Gasteiger partial charge is 0.241 e. The van der Waals surface area contributed by atoms with Gasteiger partial charge in [0, 0.05) is 19.8 Å². The molecule has 1 fully saturated rings. The largest absolute Gasteiger partial charge is 0.333 e. The monoisotopic (exact) mass is 258 g/mol. The van der Waals surface area contributed by atoms with Gasteiger partial charge in [0.2, 0.25) is 5.91 Å². The predicted molar refractivity (Wildman–Crippen MR) is 54.3 cm³/mol. The van der Waals surface area contributed by atoms with Crippen LogP contribution in [0.4, 0.5) is 0 Å². The average molecular weight is 259 g/mol. The van der Waals surface area contributed by atoms with Crippen LogP contribution >= 0.6 is 15.9 Å². The second-order valence-electron chi connectivity index (χ2n) is 3.42. The third-order valence-electron chi connectivity index (χ3n) is 2.24. The van der Waals surface area contributed by atoms with Crippen molar-refractivity contribution in [2.45, 2.75) is 12.6 Å². The fourth-order valence-electron chi connectivity index (χ4n) is 1.46. The van der Waals surface area contributed by atoms with Gasteiger partial charge in [0.25, 0.3) is 0 Å². The van der Waals surface area contributed by atoms with E-state index in [9.17, 15) is 4.79 Å². The minimum atomic E-state index is -0.308. The molecule has 0 radical (unpaired) electrons. The first-order valence-corrected chi connectivity index (χ1v) is 5.09. The standard InChI is InChI=1S/C8H11BrN4O/c1-12-2-5(9)7(11-12)4-13-3-6(10)8(13)14/h2,6H,3-4,10H2,1H3. The van der Waals surface area contributed by atoms with Gasteiger partial charge in [-0.1, -0.05) is 0 Å². The Bertz CT molecular complexity index is 375. The number of halogens is 1. The number of aryl methyl sites for hydroxylation is 1. The summed E-state index contributed by atoms with van der Waals surface area (Å²) in [6.07, 6.45) is 1.86. The lowest BCUT2D eigenvalue weighted by molar-refractivity contribution is -0.143. The van der Waals surface area contributed by atoms with Gasteiger partial charge in [-0.2, -0.15) is 5.10 Å². The minimum Gasteiger partial charge on any atom is -0.333 e. The topological polar surface area (TPSA) is 64.2 Å². The van der Waals surface area contributed by atoms with Crippen LogP contribution in [0.1, 0.15) is 5.69 Å². The number of nitrogens with zero attached hydrogens (tertiary/aromatic N) is 3. The van der Waals surface area contributed by atoms with Gasteiger partial charge < -0.3 is 10.6 Å². The highest BCUT2D eigenvalue weighted by Gasteiger charge is 2.33. The molecule has 5 nitrogen and oxygen atoms in total. The molecule has 76 valence electrons. The van der Waals surface area contributed by atoms with E-state index in [1.54, 1.807) is 9.58 Å². The molecule has 0 spiro atoms. The molecule has 0 saturated carbocycles. The Hall–Kier alpha value is -0.880. The first kappa shape index (κ1) is 9.67. The van der Waals surface area contributed by atoms with Crippen LogP contribution in [0.25, 0.3) is 0 Å². The molecule has 0 aromatic carbocycles. The molecule has 2 rings (SSSR count). The van der Waals surface area contributed by atoms with Crippen LogP contribution in [0.15, 0.2) is 10.7 Å². The SMILES string of the molecule is Cn1cc(Br)c(CN2CC(N)C2=O)n1. The van der Waals surface area contributed by atoms with Crippen molar-refractivity contribution in [3.63, 3.8) is 0 Å². The predicted octanol–water partition coefficient (Wildman–Crippen LogP) is -0.148. The fraction of sp³-hybridized carbons (Fsp3) is 0.500. The van der Waals surface area contributed by atoms with Gasteiger partial charge in [0.1, 0.15) is 6.04 Å². The average Bonchev–Trinajstić information content (AvgIpc) is 2.44. The van der Waals surface area contributed by atoms with E-state index in [-0.39, 0.29) is 11.9 Å². The molecular weight excluding hydrogens is 248 g/mol. The number of nitrogens with two attached hydrogens (primary N) is 1. The second-order valence-corrected chi connectivity index (χ2v) is 4.28. The first-order chi connectivity index (χ1) is 6.58. The number of carbonyl (C=O) groups excluding carboxylic acids is 1. The van der Waals surface area contributed by atoms with Crippen LogP contribution in [0.2, 0.25) is 0 Å². The summed E-state index contributed by atoms with van der Waals surface area (Å²) in [5, 5.41) is 4.23. The Kier molecular flexibility index (Phi) is 2.32. The summed E-state index contributed by atoms with van der Waals surface area (Å²) in [6.45, 7) is 1.16. The van der Waals surface area contributed by atoms with Gasteiger partial charge in [-0.25, -0.2) is 0 Å². The molecule has 2 heterocycles. The van der Waals surface area contributed by atoms with Crippen molar-refractivity contribution < 1.29 is 4.79 Å². The maximum absolute atomic E-state index is 11.2. The van der Waals surface area contributed by atoms with Crippen LogP contribution in [0.5, 0.6) is 0 Å². The summed E-state index contributed by atoms with van der Waals surface area (Å²) in [5.41, 5.74) is 6.35. The Labute approximate surface area is 90.0 Å². The van der Waals surface area contributed by atoms with Crippen LogP contribution < -0.4 is 5.73 Å². The molecular formula is C8H11BrN4O. The summed E-state index contributed by atoms with van der Waals surface area (Å²) in [5.74, 6) is 0.00236. The summed E-state index contributed by atoms with van der Waals surface area (Å²) < 4.78 is 2.64. The van der Waals surface area contributed by atoms with Crippen molar-refractivity contribution in [3.05, 3.63) is 16.4 Å². The lowest BCUT2D eigenvalue weighted by Gasteiger charge is -2.35. The summed E-state index contributed by atoms with van der Waals surface area (Å²) >= 11 is 3.38. The highest BCUT2D eigenvalue weighted by atomic mass is 79.9. The zero-order valence-corrected chi connectivity index (χ0v) is 9.36. The molecule has 1 amide bonds. The van der Waals surface area contributed by atoms with E-state index in [0.29, 0.717) is 13.1 Å². The summed E-state index contributed by atoms with van der Waals surface area (Å²) in [7, 11) is 1.85. The van der Waals surface area contributed by atoms with E-state index in [1.807, 2.05) is 13.2 Å². The van der Waals surface area contributed by atoms with Crippen molar-refractivity contribution in [2.24, 2.45) is 12.8 Å². The van der Waals surface area contributed by atoms with E-state index in [4.69, 9.17) is 5.73 Å². The Morgan fingerprint density at radius 3 is 2.93 bits per heavy atom. The van der Waals surface area contributed by atoms with Gasteiger partial charge in [-0.05, 0) is 15.9 Å². The van der Waals surface area contributed by atoms with E-state index in [0.717, 1.165) is 10.2 Å².